The van der Waals surface area contributed by atoms with E-state index in [2.05, 4.69) is 37.7 Å². The summed E-state index contributed by atoms with van der Waals surface area (Å²) in [5.74, 6) is 2.35. The maximum atomic E-state index is 5.25. The van der Waals surface area contributed by atoms with Crippen LogP contribution in [0.25, 0.3) is 0 Å². The van der Waals surface area contributed by atoms with E-state index in [1.807, 2.05) is 23.6 Å². The van der Waals surface area contributed by atoms with E-state index in [9.17, 15) is 0 Å². The minimum atomic E-state index is 0. The number of methoxy groups -OCH3 is 1. The number of hydrogen-bond acceptors (Lipinski definition) is 5. The molecule has 0 radical (unpaired) electrons. The number of pyridine rings is 1. The Balaban J connectivity index is 0.00000312. The molecule has 0 aromatic carbocycles. The van der Waals surface area contributed by atoms with E-state index < -0.39 is 0 Å². The zero-order valence-corrected chi connectivity index (χ0v) is 17.2. The highest BCUT2D eigenvalue weighted by Gasteiger charge is 2.04. The largest absolute Gasteiger partial charge is 0.481 e. The highest BCUT2D eigenvalue weighted by molar-refractivity contribution is 14.0. The maximum absolute atomic E-state index is 5.25. The fraction of sp³-hybridized carbons (Fsp3) is 0.500. The Hall–Kier alpha value is -1.91. The fourth-order valence-corrected chi connectivity index (χ4v) is 2.27. The van der Waals surface area contributed by atoms with Crippen molar-refractivity contribution in [2.45, 2.75) is 33.4 Å². The lowest BCUT2D eigenvalue weighted by Gasteiger charge is -2.12. The summed E-state index contributed by atoms with van der Waals surface area (Å²) in [4.78, 5) is 8.77. The summed E-state index contributed by atoms with van der Waals surface area (Å²) in [5.41, 5.74) is 0.948. The minimum absolute atomic E-state index is 0. The summed E-state index contributed by atoms with van der Waals surface area (Å²) in [6.07, 6.45) is 4.33. The van der Waals surface area contributed by atoms with Crippen LogP contribution >= 0.6 is 24.0 Å². The number of halogens is 1. The molecule has 0 unspecified atom stereocenters. The monoisotopic (exact) mass is 459 g/mol. The van der Waals surface area contributed by atoms with E-state index >= 15 is 0 Å². The van der Waals surface area contributed by atoms with Gasteiger partial charge in [0.05, 0.1) is 13.7 Å². The number of hydrogen-bond donors (Lipinski definition) is 2. The van der Waals surface area contributed by atoms with Crippen molar-refractivity contribution in [1.29, 1.82) is 0 Å². The van der Waals surface area contributed by atoms with Crippen LogP contribution in [0.2, 0.25) is 0 Å². The SMILES string of the molecule is CCNC(=NCc1cccnc1OC)NCCn1cnnc1CC.I. The van der Waals surface area contributed by atoms with Crippen molar-refractivity contribution in [1.82, 2.24) is 30.4 Å². The Bertz CT molecular complexity index is 659. The summed E-state index contributed by atoms with van der Waals surface area (Å²) in [6, 6.07) is 3.84. The average Bonchev–Trinajstić information content (AvgIpc) is 3.07. The molecule has 8 nitrogen and oxygen atoms in total. The summed E-state index contributed by atoms with van der Waals surface area (Å²) < 4.78 is 7.30. The molecule has 138 valence electrons. The average molecular weight is 459 g/mol. The summed E-state index contributed by atoms with van der Waals surface area (Å²) in [6.45, 7) is 6.93. The predicted molar refractivity (Wildman–Crippen MR) is 108 cm³/mol. The number of nitrogens with one attached hydrogen (secondary N) is 2. The first-order valence-corrected chi connectivity index (χ1v) is 8.15. The first-order valence-electron chi connectivity index (χ1n) is 8.15. The van der Waals surface area contributed by atoms with Gasteiger partial charge in [-0.15, -0.1) is 34.2 Å². The Morgan fingerprint density at radius 1 is 1.32 bits per heavy atom. The zero-order valence-electron chi connectivity index (χ0n) is 14.9. The molecule has 0 aliphatic heterocycles. The second-order valence-corrected chi connectivity index (χ2v) is 5.09. The predicted octanol–water partition coefficient (Wildman–Crippen LogP) is 1.62. The highest BCUT2D eigenvalue weighted by atomic mass is 127. The Morgan fingerprint density at radius 3 is 2.88 bits per heavy atom. The van der Waals surface area contributed by atoms with E-state index in [0.29, 0.717) is 12.4 Å². The van der Waals surface area contributed by atoms with Crippen molar-refractivity contribution in [2.24, 2.45) is 4.99 Å². The molecule has 0 atom stereocenters. The lowest BCUT2D eigenvalue weighted by Crippen LogP contribution is -2.38. The summed E-state index contributed by atoms with van der Waals surface area (Å²) >= 11 is 0. The number of rotatable bonds is 8. The van der Waals surface area contributed by atoms with Gasteiger partial charge < -0.3 is 19.9 Å². The molecule has 0 saturated carbocycles. The molecule has 0 spiro atoms. The van der Waals surface area contributed by atoms with E-state index in [4.69, 9.17) is 4.74 Å². The number of aliphatic imine (C=N–C) groups is 1. The second kappa shape index (κ2) is 11.6. The standard InChI is InChI=1S/C16H25N7O.HI/c1-4-14-22-21-12-23(14)10-9-19-16(17-5-2)20-11-13-7-6-8-18-15(13)24-3;/h6-8,12H,4-5,9-11H2,1-3H3,(H2,17,19,20);1H. The van der Waals surface area contributed by atoms with E-state index in [1.54, 1.807) is 19.6 Å². The van der Waals surface area contributed by atoms with Crippen LogP contribution in [0.4, 0.5) is 0 Å². The summed E-state index contributed by atoms with van der Waals surface area (Å²) in [7, 11) is 1.61. The molecule has 0 fully saturated rings. The number of nitrogens with zero attached hydrogens (tertiary/aromatic N) is 5. The van der Waals surface area contributed by atoms with Crippen LogP contribution in [0.3, 0.4) is 0 Å². The number of aryl methyl sites for hydroxylation is 1. The van der Waals surface area contributed by atoms with E-state index in [-0.39, 0.29) is 24.0 Å². The first-order chi connectivity index (χ1) is 11.8. The molecule has 0 saturated heterocycles. The van der Waals surface area contributed by atoms with Gasteiger partial charge in [0, 0.05) is 37.8 Å². The molecule has 0 bridgehead atoms. The molecular formula is C16H26IN7O. The smallest absolute Gasteiger partial charge is 0.218 e. The molecule has 25 heavy (non-hydrogen) atoms. The molecular weight excluding hydrogens is 433 g/mol. The number of aromatic nitrogens is 4. The van der Waals surface area contributed by atoms with Gasteiger partial charge in [0.1, 0.15) is 12.2 Å². The van der Waals surface area contributed by atoms with Gasteiger partial charge in [0.25, 0.3) is 0 Å². The third kappa shape index (κ3) is 6.48. The Labute approximate surface area is 165 Å². The molecule has 2 rings (SSSR count). The molecule has 0 amide bonds. The molecule has 0 aliphatic carbocycles. The van der Waals surface area contributed by atoms with Crippen LogP contribution in [0.15, 0.2) is 29.6 Å². The lowest BCUT2D eigenvalue weighted by molar-refractivity contribution is 0.392. The maximum Gasteiger partial charge on any atom is 0.218 e. The van der Waals surface area contributed by atoms with Crippen molar-refractivity contribution in [3.8, 4) is 5.88 Å². The van der Waals surface area contributed by atoms with Crippen molar-refractivity contribution >= 4 is 29.9 Å². The number of guanidine groups is 1. The van der Waals surface area contributed by atoms with Gasteiger partial charge in [-0.1, -0.05) is 13.0 Å². The van der Waals surface area contributed by atoms with Crippen LogP contribution in [0.5, 0.6) is 5.88 Å². The second-order valence-electron chi connectivity index (χ2n) is 5.09. The lowest BCUT2D eigenvalue weighted by atomic mass is 10.3. The molecule has 9 heteroatoms. The van der Waals surface area contributed by atoms with Gasteiger partial charge in [-0.25, -0.2) is 9.98 Å². The molecule has 2 heterocycles. The van der Waals surface area contributed by atoms with Gasteiger partial charge >= 0.3 is 0 Å². The van der Waals surface area contributed by atoms with Crippen LogP contribution in [-0.4, -0.2) is 45.9 Å². The quantitative estimate of drug-likeness (QED) is 0.355. The first kappa shape index (κ1) is 21.1. The molecule has 2 N–H and O–H groups in total. The van der Waals surface area contributed by atoms with Gasteiger partial charge in [-0.3, -0.25) is 0 Å². The summed E-state index contributed by atoms with van der Waals surface area (Å²) in [5, 5.41) is 14.6. The highest BCUT2D eigenvalue weighted by Crippen LogP contribution is 2.14. The van der Waals surface area contributed by atoms with Gasteiger partial charge in [0.15, 0.2) is 5.96 Å². The van der Waals surface area contributed by atoms with Crippen molar-refractivity contribution in [3.63, 3.8) is 0 Å². The fourth-order valence-electron chi connectivity index (χ4n) is 2.27. The minimum Gasteiger partial charge on any atom is -0.481 e. The van der Waals surface area contributed by atoms with Crippen LogP contribution in [0.1, 0.15) is 25.2 Å². The van der Waals surface area contributed by atoms with Crippen LogP contribution in [-0.2, 0) is 19.5 Å². The van der Waals surface area contributed by atoms with Crippen molar-refractivity contribution < 1.29 is 4.74 Å². The van der Waals surface area contributed by atoms with E-state index in [0.717, 1.165) is 43.4 Å². The van der Waals surface area contributed by atoms with Crippen LogP contribution in [0, 0.1) is 0 Å². The van der Waals surface area contributed by atoms with E-state index in [1.165, 1.54) is 0 Å². The van der Waals surface area contributed by atoms with Gasteiger partial charge in [0.2, 0.25) is 5.88 Å². The van der Waals surface area contributed by atoms with Gasteiger partial charge in [-0.05, 0) is 13.0 Å². The Kier molecular flexibility index (Phi) is 9.81. The van der Waals surface area contributed by atoms with Crippen LogP contribution < -0.4 is 15.4 Å². The topological polar surface area (TPSA) is 89.3 Å². The van der Waals surface area contributed by atoms with Crippen molar-refractivity contribution in [3.05, 3.63) is 36.0 Å². The molecule has 2 aromatic heterocycles. The third-order valence-corrected chi connectivity index (χ3v) is 3.45. The van der Waals surface area contributed by atoms with Crippen molar-refractivity contribution in [2.75, 3.05) is 20.2 Å². The normalized spacial score (nSPS) is 10.9. The third-order valence-electron chi connectivity index (χ3n) is 3.45. The number of ether oxygens (including phenoxy) is 1. The molecule has 0 aliphatic rings. The Morgan fingerprint density at radius 2 is 2.16 bits per heavy atom. The molecule has 2 aromatic rings. The van der Waals surface area contributed by atoms with Gasteiger partial charge in [-0.2, -0.15) is 0 Å². The zero-order chi connectivity index (χ0) is 17.2.